The molecule has 2 aliphatic rings. The van der Waals surface area contributed by atoms with Crippen molar-refractivity contribution in [3.05, 3.63) is 29.3 Å². The molecule has 0 aromatic heterocycles. The molecule has 1 aliphatic heterocycles. The number of benzene rings is 1. The zero-order valence-electron chi connectivity index (χ0n) is 11.2. The lowest BCUT2D eigenvalue weighted by Crippen LogP contribution is -2.25. The van der Waals surface area contributed by atoms with E-state index in [4.69, 9.17) is 9.57 Å². The number of hydrogen-bond donors (Lipinski definition) is 1. The van der Waals surface area contributed by atoms with E-state index in [-0.39, 0.29) is 5.78 Å². The minimum Gasteiger partial charge on any atom is -0.480 e. The molecule has 1 fully saturated rings. The number of nitrogens with one attached hydrogen (secondary N) is 1. The number of oxime groups is 1. The van der Waals surface area contributed by atoms with E-state index in [9.17, 15) is 9.59 Å². The molecular formula is C14H14N2O4. The molecule has 1 heterocycles. The fourth-order valence-electron chi connectivity index (χ4n) is 2.24. The molecular weight excluding hydrogens is 260 g/mol. The summed E-state index contributed by atoms with van der Waals surface area (Å²) >= 11 is 0. The quantitative estimate of drug-likeness (QED) is 0.507. The zero-order chi connectivity index (χ0) is 14.3. The van der Waals surface area contributed by atoms with E-state index >= 15 is 0 Å². The molecule has 0 radical (unpaired) electrons. The summed E-state index contributed by atoms with van der Waals surface area (Å²) in [4.78, 5) is 27.4. The first kappa shape index (κ1) is 12.7. The summed E-state index contributed by atoms with van der Waals surface area (Å²) in [7, 11) is 1.46. The fourth-order valence-corrected chi connectivity index (χ4v) is 2.24. The number of ketones is 1. The second-order valence-corrected chi connectivity index (χ2v) is 4.93. The maximum atomic E-state index is 11.5. The summed E-state index contributed by atoms with van der Waals surface area (Å²) in [6.45, 7) is 1.50. The third-order valence-corrected chi connectivity index (χ3v) is 3.51. The van der Waals surface area contributed by atoms with Gasteiger partial charge in [0.1, 0.15) is 11.5 Å². The highest BCUT2D eigenvalue weighted by Crippen LogP contribution is 2.50. The number of fused-ring (bicyclic) bond motifs is 1. The molecule has 3 rings (SSSR count). The second-order valence-electron chi connectivity index (χ2n) is 4.93. The standard InChI is InChI=1S/C14H14N2O4/c1-8(17)9-3-4-11-10(7-9)12(14(19-11)5-6-14)16-20-13(18)15-2/h3-4,7H,5-6H2,1-2H3,(H,15,18)/b16-12+. The van der Waals surface area contributed by atoms with Crippen molar-refractivity contribution in [3.8, 4) is 5.75 Å². The van der Waals surface area contributed by atoms with Crippen LogP contribution >= 0.6 is 0 Å². The zero-order valence-corrected chi connectivity index (χ0v) is 11.2. The molecule has 1 aliphatic carbocycles. The van der Waals surface area contributed by atoms with Crippen LogP contribution in [0.15, 0.2) is 23.4 Å². The lowest BCUT2D eigenvalue weighted by Gasteiger charge is -2.07. The van der Waals surface area contributed by atoms with Crippen LogP contribution in [0.2, 0.25) is 0 Å². The number of nitrogens with zero attached hydrogens (tertiary/aromatic N) is 1. The number of rotatable bonds is 2. The van der Waals surface area contributed by atoms with Gasteiger partial charge >= 0.3 is 6.09 Å². The molecule has 1 amide bonds. The van der Waals surface area contributed by atoms with Crippen molar-refractivity contribution >= 4 is 17.6 Å². The Bertz CT molecular complexity index is 632. The predicted octanol–water partition coefficient (Wildman–Crippen LogP) is 1.87. The molecule has 0 bridgehead atoms. The van der Waals surface area contributed by atoms with E-state index < -0.39 is 11.7 Å². The van der Waals surface area contributed by atoms with E-state index in [0.717, 1.165) is 18.4 Å². The summed E-state index contributed by atoms with van der Waals surface area (Å²) < 4.78 is 5.86. The van der Waals surface area contributed by atoms with Gasteiger partial charge in [0.25, 0.3) is 0 Å². The Morgan fingerprint density at radius 2 is 2.15 bits per heavy atom. The Morgan fingerprint density at radius 1 is 1.40 bits per heavy atom. The number of carbonyl (C=O) groups excluding carboxylic acids is 2. The van der Waals surface area contributed by atoms with Crippen molar-refractivity contribution in [1.82, 2.24) is 5.32 Å². The van der Waals surface area contributed by atoms with E-state index in [0.29, 0.717) is 17.0 Å². The van der Waals surface area contributed by atoms with E-state index in [1.165, 1.54) is 14.0 Å². The van der Waals surface area contributed by atoms with Crippen LogP contribution in [0.25, 0.3) is 0 Å². The highest BCUT2D eigenvalue weighted by atomic mass is 16.7. The van der Waals surface area contributed by atoms with Crippen LogP contribution in [0.1, 0.15) is 35.7 Å². The molecule has 0 unspecified atom stereocenters. The maximum Gasteiger partial charge on any atom is 0.433 e. The average molecular weight is 274 g/mol. The van der Waals surface area contributed by atoms with Gasteiger partial charge in [0, 0.05) is 18.2 Å². The smallest absolute Gasteiger partial charge is 0.433 e. The van der Waals surface area contributed by atoms with Crippen LogP contribution in [0.5, 0.6) is 5.75 Å². The van der Waals surface area contributed by atoms with Crippen molar-refractivity contribution in [2.75, 3.05) is 7.05 Å². The number of ether oxygens (including phenoxy) is 1. The van der Waals surface area contributed by atoms with Crippen LogP contribution in [0.3, 0.4) is 0 Å². The van der Waals surface area contributed by atoms with Gasteiger partial charge in [-0.05, 0) is 38.0 Å². The van der Waals surface area contributed by atoms with Crippen LogP contribution in [0.4, 0.5) is 4.79 Å². The Morgan fingerprint density at radius 3 is 2.75 bits per heavy atom. The summed E-state index contributed by atoms with van der Waals surface area (Å²) in [6.07, 6.45) is 1.02. The molecule has 1 N–H and O–H groups in total. The summed E-state index contributed by atoms with van der Waals surface area (Å²) in [5, 5.41) is 6.25. The Kier molecular flexibility index (Phi) is 2.74. The first-order valence-electron chi connectivity index (χ1n) is 6.37. The topological polar surface area (TPSA) is 77.0 Å². The molecule has 1 aromatic carbocycles. The van der Waals surface area contributed by atoms with Gasteiger partial charge in [-0.1, -0.05) is 5.16 Å². The largest absolute Gasteiger partial charge is 0.480 e. The lowest BCUT2D eigenvalue weighted by atomic mass is 10.0. The van der Waals surface area contributed by atoms with Gasteiger partial charge in [-0.15, -0.1) is 0 Å². The first-order valence-corrected chi connectivity index (χ1v) is 6.37. The normalized spacial score (nSPS) is 19.4. The third kappa shape index (κ3) is 1.93. The second kappa shape index (κ2) is 4.33. The van der Waals surface area contributed by atoms with Gasteiger partial charge in [0.2, 0.25) is 0 Å². The van der Waals surface area contributed by atoms with Crippen LogP contribution in [-0.4, -0.2) is 30.2 Å². The predicted molar refractivity (Wildman–Crippen MR) is 71.1 cm³/mol. The molecule has 1 aromatic rings. The number of Topliss-reactive ketones (excluding diaryl/α,β-unsaturated/α-hetero) is 1. The molecule has 20 heavy (non-hydrogen) atoms. The molecule has 104 valence electrons. The number of hydrogen-bond acceptors (Lipinski definition) is 5. The van der Waals surface area contributed by atoms with Crippen LogP contribution in [-0.2, 0) is 4.84 Å². The van der Waals surface area contributed by atoms with Crippen molar-refractivity contribution in [2.24, 2.45) is 5.16 Å². The van der Waals surface area contributed by atoms with Gasteiger partial charge in [-0.3, -0.25) is 9.63 Å². The van der Waals surface area contributed by atoms with Gasteiger partial charge in [-0.2, -0.15) is 0 Å². The summed E-state index contributed by atoms with van der Waals surface area (Å²) in [5.41, 5.74) is 1.40. The fraction of sp³-hybridized carbons (Fsp3) is 0.357. The van der Waals surface area contributed by atoms with E-state index in [1.54, 1.807) is 18.2 Å². The molecule has 0 atom stereocenters. The SMILES string of the molecule is CNC(=O)O/N=C1\c2cc(C(C)=O)ccc2OC12CC2. The van der Waals surface area contributed by atoms with Crippen LogP contribution < -0.4 is 10.1 Å². The maximum absolute atomic E-state index is 11.5. The average Bonchev–Trinajstić information content (AvgIpc) is 3.12. The van der Waals surface area contributed by atoms with Crippen molar-refractivity contribution in [3.63, 3.8) is 0 Å². The van der Waals surface area contributed by atoms with Gasteiger partial charge in [0.15, 0.2) is 11.4 Å². The Hall–Kier alpha value is -2.37. The summed E-state index contributed by atoms with van der Waals surface area (Å²) in [6, 6.07) is 5.21. The molecule has 0 saturated heterocycles. The minimum absolute atomic E-state index is 0.0314. The van der Waals surface area contributed by atoms with E-state index in [1.807, 2.05) is 0 Å². The summed E-state index contributed by atoms with van der Waals surface area (Å²) in [5.74, 6) is 0.642. The van der Waals surface area contributed by atoms with Gasteiger partial charge in [-0.25, -0.2) is 4.79 Å². The minimum atomic E-state index is -0.635. The van der Waals surface area contributed by atoms with Gasteiger partial charge < -0.3 is 10.1 Å². The first-order chi connectivity index (χ1) is 9.55. The lowest BCUT2D eigenvalue weighted by molar-refractivity contribution is 0.101. The van der Waals surface area contributed by atoms with Gasteiger partial charge in [0.05, 0.1) is 0 Å². The monoisotopic (exact) mass is 274 g/mol. The highest BCUT2D eigenvalue weighted by molar-refractivity contribution is 6.14. The number of amides is 1. The molecule has 6 heteroatoms. The highest BCUT2D eigenvalue weighted by Gasteiger charge is 2.56. The van der Waals surface area contributed by atoms with E-state index in [2.05, 4.69) is 10.5 Å². The Balaban J connectivity index is 2.00. The van der Waals surface area contributed by atoms with Crippen molar-refractivity contribution in [1.29, 1.82) is 0 Å². The molecule has 1 saturated carbocycles. The molecule has 1 spiro atoms. The van der Waals surface area contributed by atoms with Crippen molar-refractivity contribution < 1.29 is 19.2 Å². The number of carbonyl (C=O) groups is 2. The molecule has 6 nitrogen and oxygen atoms in total. The van der Waals surface area contributed by atoms with Crippen molar-refractivity contribution in [2.45, 2.75) is 25.4 Å². The van der Waals surface area contributed by atoms with Crippen LogP contribution in [0, 0.1) is 0 Å². The Labute approximate surface area is 115 Å². The third-order valence-electron chi connectivity index (χ3n) is 3.51.